The minimum absolute atomic E-state index is 0.00918. The van der Waals surface area contributed by atoms with Gasteiger partial charge in [0, 0.05) is 24.7 Å². The van der Waals surface area contributed by atoms with E-state index in [4.69, 9.17) is 22.1 Å². The lowest BCUT2D eigenvalue weighted by molar-refractivity contribution is -0.149. The first kappa shape index (κ1) is 23.7. The third-order valence-corrected chi connectivity index (χ3v) is 5.51. The summed E-state index contributed by atoms with van der Waals surface area (Å²) in [6.45, 7) is 2.66. The Morgan fingerprint density at radius 1 is 1.16 bits per heavy atom. The number of esters is 1. The van der Waals surface area contributed by atoms with E-state index in [1.54, 1.807) is 36.1 Å². The molecule has 1 saturated heterocycles. The monoisotopic (exact) mass is 469 g/mol. The molecule has 1 atom stereocenters. The van der Waals surface area contributed by atoms with E-state index in [2.05, 4.69) is 0 Å². The Bertz CT molecular complexity index is 983. The number of carbonyl (C=O) groups excluding carboxylic acids is 2. The van der Waals surface area contributed by atoms with Gasteiger partial charge in [0.15, 0.2) is 0 Å². The zero-order valence-electron chi connectivity index (χ0n) is 17.4. The van der Waals surface area contributed by atoms with Crippen LogP contribution in [0, 0.1) is 0 Å². The SMILES string of the molecule is CCOC(=O)CC(=O)N1CCN(c2ccc(C(F)(F)F)cc2N)C(c2ccc(Cl)cc2)C1. The number of benzene rings is 2. The van der Waals surface area contributed by atoms with Gasteiger partial charge in [-0.15, -0.1) is 0 Å². The summed E-state index contributed by atoms with van der Waals surface area (Å²) in [6, 6.07) is 9.83. The number of hydrogen-bond donors (Lipinski definition) is 1. The van der Waals surface area contributed by atoms with Gasteiger partial charge in [0.1, 0.15) is 6.42 Å². The number of anilines is 2. The number of amides is 1. The zero-order chi connectivity index (χ0) is 23.5. The van der Waals surface area contributed by atoms with E-state index >= 15 is 0 Å². The lowest BCUT2D eigenvalue weighted by Gasteiger charge is -2.43. The van der Waals surface area contributed by atoms with Crippen molar-refractivity contribution in [3.05, 3.63) is 58.6 Å². The van der Waals surface area contributed by atoms with Gasteiger partial charge in [-0.05, 0) is 42.8 Å². The van der Waals surface area contributed by atoms with Gasteiger partial charge in [0.2, 0.25) is 5.91 Å². The minimum atomic E-state index is -4.50. The molecule has 1 heterocycles. The molecule has 2 N–H and O–H groups in total. The molecule has 0 saturated carbocycles. The fourth-order valence-electron chi connectivity index (χ4n) is 3.71. The number of alkyl halides is 3. The fourth-order valence-corrected chi connectivity index (χ4v) is 3.83. The Balaban J connectivity index is 1.90. The van der Waals surface area contributed by atoms with Crippen LogP contribution in [0.4, 0.5) is 24.5 Å². The van der Waals surface area contributed by atoms with Crippen molar-refractivity contribution in [2.24, 2.45) is 0 Å². The number of ether oxygens (including phenoxy) is 1. The number of halogens is 4. The average molecular weight is 470 g/mol. The maximum Gasteiger partial charge on any atom is 0.416 e. The van der Waals surface area contributed by atoms with Crippen LogP contribution in [0.15, 0.2) is 42.5 Å². The normalized spacial score (nSPS) is 16.7. The van der Waals surface area contributed by atoms with Crippen LogP contribution in [-0.2, 0) is 20.5 Å². The molecule has 2 aromatic carbocycles. The predicted octanol–water partition coefficient (Wildman–Crippen LogP) is 4.28. The molecule has 0 aliphatic carbocycles. The summed E-state index contributed by atoms with van der Waals surface area (Å²) < 4.78 is 44.0. The molecule has 1 aliphatic rings. The highest BCUT2D eigenvalue weighted by Gasteiger charge is 2.34. The van der Waals surface area contributed by atoms with Crippen LogP contribution in [0.5, 0.6) is 0 Å². The predicted molar refractivity (Wildman–Crippen MR) is 115 cm³/mol. The molecule has 0 bridgehead atoms. The van der Waals surface area contributed by atoms with Gasteiger partial charge < -0.3 is 20.3 Å². The van der Waals surface area contributed by atoms with Crippen LogP contribution in [0.3, 0.4) is 0 Å². The number of piperazine rings is 1. The molecule has 1 amide bonds. The Morgan fingerprint density at radius 2 is 1.84 bits per heavy atom. The maximum absolute atomic E-state index is 13.1. The number of rotatable bonds is 5. The first-order valence-electron chi connectivity index (χ1n) is 10.0. The van der Waals surface area contributed by atoms with Crippen molar-refractivity contribution in [1.29, 1.82) is 0 Å². The number of nitrogen functional groups attached to an aromatic ring is 1. The molecule has 2 aromatic rings. The number of hydrogen-bond acceptors (Lipinski definition) is 5. The average Bonchev–Trinajstić information content (AvgIpc) is 2.73. The van der Waals surface area contributed by atoms with E-state index in [0.717, 1.165) is 17.7 Å². The van der Waals surface area contributed by atoms with Gasteiger partial charge in [-0.25, -0.2) is 0 Å². The Kier molecular flexibility index (Phi) is 7.18. The van der Waals surface area contributed by atoms with Crippen molar-refractivity contribution in [1.82, 2.24) is 4.90 Å². The number of nitrogens with two attached hydrogens (primary N) is 1. The topological polar surface area (TPSA) is 75.9 Å². The summed E-state index contributed by atoms with van der Waals surface area (Å²) in [5.74, 6) is -0.975. The smallest absolute Gasteiger partial charge is 0.416 e. The van der Waals surface area contributed by atoms with E-state index in [1.165, 1.54) is 6.07 Å². The fraction of sp³-hybridized carbons (Fsp3) is 0.364. The van der Waals surface area contributed by atoms with E-state index in [-0.39, 0.29) is 37.7 Å². The molecular formula is C22H23ClF3N3O3. The van der Waals surface area contributed by atoms with E-state index < -0.39 is 23.8 Å². The van der Waals surface area contributed by atoms with Crippen molar-refractivity contribution < 1.29 is 27.5 Å². The van der Waals surface area contributed by atoms with Crippen molar-refractivity contribution in [2.75, 3.05) is 36.9 Å². The molecule has 0 aromatic heterocycles. The molecule has 1 aliphatic heterocycles. The summed E-state index contributed by atoms with van der Waals surface area (Å²) >= 11 is 6.00. The minimum Gasteiger partial charge on any atom is -0.466 e. The third kappa shape index (κ3) is 5.45. The van der Waals surface area contributed by atoms with Gasteiger partial charge in [0.25, 0.3) is 0 Å². The van der Waals surface area contributed by atoms with Crippen molar-refractivity contribution in [3.8, 4) is 0 Å². The first-order valence-corrected chi connectivity index (χ1v) is 10.4. The van der Waals surface area contributed by atoms with E-state index in [9.17, 15) is 22.8 Å². The Morgan fingerprint density at radius 3 is 2.44 bits per heavy atom. The van der Waals surface area contributed by atoms with Crippen LogP contribution in [0.2, 0.25) is 5.02 Å². The lowest BCUT2D eigenvalue weighted by atomic mass is 10.00. The van der Waals surface area contributed by atoms with Crippen molar-refractivity contribution in [2.45, 2.75) is 25.6 Å². The highest BCUT2D eigenvalue weighted by molar-refractivity contribution is 6.30. The molecule has 172 valence electrons. The Labute approximate surface area is 188 Å². The van der Waals surface area contributed by atoms with Gasteiger partial charge >= 0.3 is 12.1 Å². The van der Waals surface area contributed by atoms with E-state index in [1.807, 2.05) is 4.90 Å². The molecule has 1 unspecified atom stereocenters. The van der Waals surface area contributed by atoms with Crippen LogP contribution >= 0.6 is 11.6 Å². The second-order valence-corrected chi connectivity index (χ2v) is 7.79. The molecule has 0 radical (unpaired) electrons. The highest BCUT2D eigenvalue weighted by Crippen LogP contribution is 2.38. The van der Waals surface area contributed by atoms with Gasteiger partial charge in [-0.2, -0.15) is 13.2 Å². The zero-order valence-corrected chi connectivity index (χ0v) is 18.1. The maximum atomic E-state index is 13.1. The summed E-state index contributed by atoms with van der Waals surface area (Å²) in [5.41, 5.74) is 6.41. The van der Waals surface area contributed by atoms with Crippen molar-refractivity contribution >= 4 is 34.9 Å². The van der Waals surface area contributed by atoms with E-state index in [0.29, 0.717) is 17.3 Å². The molecular weight excluding hydrogens is 447 g/mol. The molecule has 1 fully saturated rings. The van der Waals surface area contributed by atoms with Crippen LogP contribution in [0.1, 0.15) is 30.5 Å². The van der Waals surface area contributed by atoms with Crippen LogP contribution < -0.4 is 10.6 Å². The molecule has 3 rings (SSSR count). The molecule has 32 heavy (non-hydrogen) atoms. The van der Waals surface area contributed by atoms with Gasteiger partial charge in [0.05, 0.1) is 29.6 Å². The number of carbonyl (C=O) groups is 2. The van der Waals surface area contributed by atoms with Gasteiger partial charge in [-0.1, -0.05) is 23.7 Å². The standard InChI is InChI=1S/C22H23ClF3N3O3/c1-2-32-21(31)12-20(30)28-9-10-29(19(13-28)14-3-6-16(23)7-4-14)18-8-5-15(11-17(18)27)22(24,25)26/h3-8,11,19H,2,9-10,12-13,27H2,1H3. The number of nitrogens with zero attached hydrogens (tertiary/aromatic N) is 2. The second kappa shape index (κ2) is 9.68. The van der Waals surface area contributed by atoms with Crippen LogP contribution in [0.25, 0.3) is 0 Å². The summed E-state index contributed by atoms with van der Waals surface area (Å²) in [5, 5.41) is 0.528. The summed E-state index contributed by atoms with van der Waals surface area (Å²) in [4.78, 5) is 27.8. The first-order chi connectivity index (χ1) is 15.1. The molecule has 0 spiro atoms. The largest absolute Gasteiger partial charge is 0.466 e. The summed E-state index contributed by atoms with van der Waals surface area (Å²) in [7, 11) is 0. The lowest BCUT2D eigenvalue weighted by Crippen LogP contribution is -2.51. The molecule has 6 nitrogen and oxygen atoms in total. The van der Waals surface area contributed by atoms with Gasteiger partial charge in [-0.3, -0.25) is 9.59 Å². The Hall–Kier alpha value is -2.94. The highest BCUT2D eigenvalue weighted by atomic mass is 35.5. The molecule has 10 heteroatoms. The van der Waals surface area contributed by atoms with Crippen molar-refractivity contribution in [3.63, 3.8) is 0 Å². The summed E-state index contributed by atoms with van der Waals surface area (Å²) in [6.07, 6.45) is -4.87. The van der Waals surface area contributed by atoms with Crippen LogP contribution in [-0.4, -0.2) is 43.0 Å². The third-order valence-electron chi connectivity index (χ3n) is 5.25. The quantitative estimate of drug-likeness (QED) is 0.402. The second-order valence-electron chi connectivity index (χ2n) is 7.35.